The minimum absolute atomic E-state index is 0.0478. The van der Waals surface area contributed by atoms with Gasteiger partial charge in [-0.2, -0.15) is 5.10 Å². The van der Waals surface area contributed by atoms with Gasteiger partial charge in [-0.15, -0.1) is 0 Å². The zero-order valence-electron chi connectivity index (χ0n) is 13.6. The maximum Gasteiger partial charge on any atom is 0.202 e. The quantitative estimate of drug-likeness (QED) is 0.777. The molecule has 3 rings (SSSR count). The van der Waals surface area contributed by atoms with E-state index in [4.69, 9.17) is 9.15 Å². The number of fused-ring (bicyclic) bond motifs is 1. The molecule has 0 unspecified atom stereocenters. The number of hydrogen-bond donors (Lipinski definition) is 1. The van der Waals surface area contributed by atoms with Crippen LogP contribution in [-0.2, 0) is 6.42 Å². The monoisotopic (exact) mass is 312 g/mol. The van der Waals surface area contributed by atoms with Gasteiger partial charge in [0.05, 0.1) is 23.8 Å². The first-order valence-electron chi connectivity index (χ1n) is 7.79. The highest BCUT2D eigenvalue weighted by atomic mass is 16.5. The molecule has 23 heavy (non-hydrogen) atoms. The summed E-state index contributed by atoms with van der Waals surface area (Å²) in [4.78, 5) is 12.9. The molecule has 0 aliphatic heterocycles. The van der Waals surface area contributed by atoms with Gasteiger partial charge in [-0.3, -0.25) is 9.89 Å². The molecule has 5 heteroatoms. The van der Waals surface area contributed by atoms with Crippen LogP contribution in [0.2, 0.25) is 0 Å². The van der Waals surface area contributed by atoms with Gasteiger partial charge in [0.2, 0.25) is 5.43 Å². The first-order chi connectivity index (χ1) is 11.2. The Balaban J connectivity index is 2.25. The van der Waals surface area contributed by atoms with Crippen molar-refractivity contribution >= 4 is 11.0 Å². The number of H-pyrrole nitrogens is 1. The summed E-state index contributed by atoms with van der Waals surface area (Å²) in [6.45, 7) is 3.93. The van der Waals surface area contributed by atoms with Crippen LogP contribution in [0, 0.1) is 6.92 Å². The van der Waals surface area contributed by atoms with E-state index in [0.29, 0.717) is 28.0 Å². The van der Waals surface area contributed by atoms with Gasteiger partial charge in [0.25, 0.3) is 0 Å². The lowest BCUT2D eigenvalue weighted by atomic mass is 10.0. The lowest BCUT2D eigenvalue weighted by molar-refractivity contribution is 0.408. The lowest BCUT2D eigenvalue weighted by Crippen LogP contribution is -2.09. The first-order valence-corrected chi connectivity index (χ1v) is 7.79. The minimum Gasteiger partial charge on any atom is -0.496 e. The Morgan fingerprint density at radius 2 is 2.17 bits per heavy atom. The van der Waals surface area contributed by atoms with Crippen molar-refractivity contribution < 1.29 is 9.15 Å². The lowest BCUT2D eigenvalue weighted by Gasteiger charge is -2.11. The normalized spacial score (nSPS) is 11.1. The van der Waals surface area contributed by atoms with E-state index in [1.807, 2.05) is 12.1 Å². The van der Waals surface area contributed by atoms with Gasteiger partial charge in [0.15, 0.2) is 0 Å². The molecule has 0 radical (unpaired) electrons. The van der Waals surface area contributed by atoms with Crippen molar-refractivity contribution in [2.75, 3.05) is 7.11 Å². The number of rotatable bonds is 5. The molecule has 0 fully saturated rings. The van der Waals surface area contributed by atoms with E-state index < -0.39 is 0 Å². The molecule has 2 heterocycles. The maximum absolute atomic E-state index is 12.9. The third kappa shape index (κ3) is 2.74. The number of aromatic nitrogens is 2. The predicted molar refractivity (Wildman–Crippen MR) is 90.0 cm³/mol. The van der Waals surface area contributed by atoms with Crippen molar-refractivity contribution in [2.24, 2.45) is 0 Å². The third-order valence-corrected chi connectivity index (χ3v) is 4.04. The second-order valence-electron chi connectivity index (χ2n) is 5.60. The van der Waals surface area contributed by atoms with Crippen LogP contribution in [0.4, 0.5) is 0 Å². The molecule has 0 amide bonds. The molecule has 3 aromatic rings. The first kappa shape index (κ1) is 15.3. The molecule has 0 spiro atoms. The van der Waals surface area contributed by atoms with Crippen molar-refractivity contribution in [3.8, 4) is 17.0 Å². The Kier molecular flexibility index (Phi) is 4.19. The Bertz CT molecular complexity index is 879. The third-order valence-electron chi connectivity index (χ3n) is 4.04. The maximum atomic E-state index is 12.9. The van der Waals surface area contributed by atoms with Crippen molar-refractivity contribution in [1.29, 1.82) is 0 Å². The summed E-state index contributed by atoms with van der Waals surface area (Å²) in [5.74, 6) is 1.33. The van der Waals surface area contributed by atoms with Crippen LogP contribution >= 0.6 is 0 Å². The van der Waals surface area contributed by atoms with Crippen molar-refractivity contribution in [2.45, 2.75) is 33.1 Å². The van der Waals surface area contributed by atoms with Crippen LogP contribution in [0.3, 0.4) is 0 Å². The summed E-state index contributed by atoms with van der Waals surface area (Å²) < 4.78 is 11.3. The van der Waals surface area contributed by atoms with Crippen LogP contribution in [0.5, 0.6) is 5.75 Å². The molecule has 0 saturated carbocycles. The minimum atomic E-state index is -0.0478. The highest BCUT2D eigenvalue weighted by Crippen LogP contribution is 2.29. The Morgan fingerprint density at radius 1 is 1.35 bits per heavy atom. The molecule has 5 nitrogen and oxygen atoms in total. The van der Waals surface area contributed by atoms with Crippen molar-refractivity contribution in [3.05, 3.63) is 45.9 Å². The molecule has 120 valence electrons. The highest BCUT2D eigenvalue weighted by Gasteiger charge is 2.16. The molecular formula is C18H20N2O3. The standard InChI is InChI=1S/C18H20N2O3/c1-4-5-6-12-9-13-16(10-15(12)22-3)23-11(2)17(18(13)21)14-7-8-19-20-14/h7-10H,4-6H2,1-3H3,(H,19,20). The molecule has 0 bridgehead atoms. The van der Waals surface area contributed by atoms with Gasteiger partial charge in [-0.05, 0) is 37.5 Å². The fourth-order valence-electron chi connectivity index (χ4n) is 2.84. The molecule has 0 atom stereocenters. The largest absolute Gasteiger partial charge is 0.496 e. The van der Waals surface area contributed by atoms with E-state index in [-0.39, 0.29) is 5.43 Å². The number of unbranched alkanes of at least 4 members (excludes halogenated alkanes) is 1. The summed E-state index contributed by atoms with van der Waals surface area (Å²) >= 11 is 0. The average molecular weight is 312 g/mol. The second kappa shape index (κ2) is 6.28. The Labute approximate surface area is 134 Å². The van der Waals surface area contributed by atoms with Crippen molar-refractivity contribution in [1.82, 2.24) is 10.2 Å². The fraction of sp³-hybridized carbons (Fsp3) is 0.333. The van der Waals surface area contributed by atoms with E-state index in [0.717, 1.165) is 30.6 Å². The Morgan fingerprint density at radius 3 is 2.83 bits per heavy atom. The van der Waals surface area contributed by atoms with Gasteiger partial charge >= 0.3 is 0 Å². The van der Waals surface area contributed by atoms with Crippen LogP contribution in [-0.4, -0.2) is 17.3 Å². The van der Waals surface area contributed by atoms with Gasteiger partial charge in [-0.25, -0.2) is 0 Å². The van der Waals surface area contributed by atoms with Crippen LogP contribution in [0.1, 0.15) is 31.1 Å². The summed E-state index contributed by atoms with van der Waals surface area (Å²) in [5, 5.41) is 7.33. The molecule has 0 aliphatic rings. The predicted octanol–water partition coefficient (Wildman–Crippen LogP) is 3.84. The molecular weight excluding hydrogens is 292 g/mol. The number of ether oxygens (including phenoxy) is 1. The zero-order valence-corrected chi connectivity index (χ0v) is 13.6. The number of aryl methyl sites for hydroxylation is 2. The van der Waals surface area contributed by atoms with E-state index in [2.05, 4.69) is 17.1 Å². The zero-order chi connectivity index (χ0) is 16.4. The van der Waals surface area contributed by atoms with Crippen molar-refractivity contribution in [3.63, 3.8) is 0 Å². The SMILES string of the molecule is CCCCc1cc2c(=O)c(-c3ccn[nH]3)c(C)oc2cc1OC. The molecule has 0 aliphatic carbocycles. The Hall–Kier alpha value is -2.56. The number of nitrogens with zero attached hydrogens (tertiary/aromatic N) is 1. The van der Waals surface area contributed by atoms with E-state index >= 15 is 0 Å². The van der Waals surface area contributed by atoms with E-state index in [1.165, 1.54) is 0 Å². The second-order valence-corrected chi connectivity index (χ2v) is 5.60. The summed E-state index contributed by atoms with van der Waals surface area (Å²) in [6, 6.07) is 5.48. The number of hydrogen-bond acceptors (Lipinski definition) is 4. The van der Waals surface area contributed by atoms with Crippen LogP contribution < -0.4 is 10.2 Å². The van der Waals surface area contributed by atoms with Gasteiger partial charge < -0.3 is 9.15 Å². The molecule has 1 aromatic carbocycles. The van der Waals surface area contributed by atoms with Gasteiger partial charge in [0, 0.05) is 12.3 Å². The van der Waals surface area contributed by atoms with E-state index in [1.54, 1.807) is 26.3 Å². The number of nitrogens with one attached hydrogen (secondary N) is 1. The van der Waals surface area contributed by atoms with Crippen LogP contribution in [0.15, 0.2) is 33.6 Å². The summed E-state index contributed by atoms with van der Waals surface area (Å²) in [7, 11) is 1.64. The van der Waals surface area contributed by atoms with E-state index in [9.17, 15) is 4.79 Å². The smallest absolute Gasteiger partial charge is 0.202 e. The molecule has 0 saturated heterocycles. The number of methoxy groups -OCH3 is 1. The molecule has 2 aromatic heterocycles. The van der Waals surface area contributed by atoms with Crippen LogP contribution in [0.25, 0.3) is 22.2 Å². The van der Waals surface area contributed by atoms with Gasteiger partial charge in [-0.1, -0.05) is 13.3 Å². The van der Waals surface area contributed by atoms with Gasteiger partial charge in [0.1, 0.15) is 17.1 Å². The number of aromatic amines is 1. The summed E-state index contributed by atoms with van der Waals surface area (Å²) in [6.07, 6.45) is 4.64. The number of benzene rings is 1. The molecule has 1 N–H and O–H groups in total. The summed E-state index contributed by atoms with van der Waals surface area (Å²) in [5.41, 5.74) is 2.74. The topological polar surface area (TPSA) is 68.1 Å². The highest BCUT2D eigenvalue weighted by molar-refractivity contribution is 5.84. The fourth-order valence-corrected chi connectivity index (χ4v) is 2.84. The average Bonchev–Trinajstić information content (AvgIpc) is 3.06.